The van der Waals surface area contributed by atoms with Gasteiger partial charge in [0.25, 0.3) is 0 Å². The van der Waals surface area contributed by atoms with Gasteiger partial charge in [0.1, 0.15) is 0 Å². The smallest absolute Gasteiger partial charge is 0.0702 e. The van der Waals surface area contributed by atoms with Gasteiger partial charge in [0.15, 0.2) is 0 Å². The second-order valence-corrected chi connectivity index (χ2v) is 6.26. The minimum atomic E-state index is 0.286. The summed E-state index contributed by atoms with van der Waals surface area (Å²) >= 11 is 5.34. The van der Waals surface area contributed by atoms with Crippen LogP contribution < -0.4 is 5.73 Å². The van der Waals surface area contributed by atoms with Crippen LogP contribution in [-0.4, -0.2) is 37.7 Å². The zero-order chi connectivity index (χ0) is 12.3. The summed E-state index contributed by atoms with van der Waals surface area (Å²) in [6.45, 7) is 2.52. The molecule has 1 saturated heterocycles. The van der Waals surface area contributed by atoms with Gasteiger partial charge in [-0.25, -0.2) is 0 Å². The van der Waals surface area contributed by atoms with Gasteiger partial charge in [-0.05, 0) is 47.3 Å². The number of ether oxygens (including phenoxy) is 1. The molecular weight excluding hydrogens is 300 g/mol. The number of rotatable bonds is 5. The van der Waals surface area contributed by atoms with Gasteiger partial charge in [0.2, 0.25) is 0 Å². The summed E-state index contributed by atoms with van der Waals surface area (Å²) in [4.78, 5) is 3.63. The van der Waals surface area contributed by atoms with E-state index in [9.17, 15) is 0 Å². The lowest BCUT2D eigenvalue weighted by Gasteiger charge is -2.28. The van der Waals surface area contributed by atoms with Gasteiger partial charge in [-0.2, -0.15) is 0 Å². The Morgan fingerprint density at radius 1 is 1.71 bits per heavy atom. The summed E-state index contributed by atoms with van der Waals surface area (Å²) in [6, 6.07) is 2.37. The number of hydrogen-bond donors (Lipinski definition) is 1. The number of thiophene rings is 1. The van der Waals surface area contributed by atoms with Crippen LogP contribution in [0.2, 0.25) is 0 Å². The monoisotopic (exact) mass is 318 g/mol. The van der Waals surface area contributed by atoms with E-state index in [0.29, 0.717) is 12.6 Å². The lowest BCUT2D eigenvalue weighted by molar-refractivity contribution is 0.0693. The lowest BCUT2D eigenvalue weighted by Crippen LogP contribution is -2.35. The first-order chi connectivity index (χ1) is 8.22. The van der Waals surface area contributed by atoms with Crippen LogP contribution >= 0.6 is 27.3 Å². The first-order valence-electron chi connectivity index (χ1n) is 5.97. The second-order valence-electron chi connectivity index (χ2n) is 4.46. The molecule has 3 nitrogen and oxygen atoms in total. The molecule has 2 N–H and O–H groups in total. The summed E-state index contributed by atoms with van der Waals surface area (Å²) in [5.41, 5.74) is 5.91. The van der Waals surface area contributed by atoms with Crippen molar-refractivity contribution in [1.82, 2.24) is 4.90 Å². The Morgan fingerprint density at radius 2 is 2.53 bits per heavy atom. The minimum absolute atomic E-state index is 0.286. The van der Waals surface area contributed by atoms with E-state index in [1.54, 1.807) is 11.3 Å². The van der Waals surface area contributed by atoms with Gasteiger partial charge in [-0.1, -0.05) is 0 Å². The van der Waals surface area contributed by atoms with Crippen LogP contribution in [0, 0.1) is 0 Å². The molecule has 17 heavy (non-hydrogen) atoms. The predicted octanol–water partition coefficient (Wildman–Crippen LogP) is 2.62. The molecule has 0 saturated carbocycles. The summed E-state index contributed by atoms with van der Waals surface area (Å²) in [5.74, 6) is 0. The highest BCUT2D eigenvalue weighted by molar-refractivity contribution is 9.10. The van der Waals surface area contributed by atoms with Crippen LogP contribution in [0.1, 0.15) is 23.8 Å². The molecule has 0 spiro atoms. The summed E-state index contributed by atoms with van der Waals surface area (Å²) < 4.78 is 6.84. The zero-order valence-corrected chi connectivity index (χ0v) is 12.5. The second kappa shape index (κ2) is 6.29. The molecule has 2 rings (SSSR count). The topological polar surface area (TPSA) is 38.5 Å². The Hall–Kier alpha value is 0.0600. The maximum Gasteiger partial charge on any atom is 0.0702 e. The Labute approximate surface area is 115 Å². The Balaban J connectivity index is 1.99. The molecule has 2 atom stereocenters. The highest BCUT2D eigenvalue weighted by Gasteiger charge is 2.24. The molecule has 0 aromatic carbocycles. The van der Waals surface area contributed by atoms with Crippen molar-refractivity contribution in [3.8, 4) is 0 Å². The number of halogens is 1. The van der Waals surface area contributed by atoms with Crippen molar-refractivity contribution in [3.63, 3.8) is 0 Å². The van der Waals surface area contributed by atoms with E-state index in [1.807, 2.05) is 0 Å². The molecule has 1 aliphatic heterocycles. The number of hydrogen-bond acceptors (Lipinski definition) is 4. The molecule has 0 amide bonds. The van der Waals surface area contributed by atoms with E-state index < -0.39 is 0 Å². The SMILES string of the molecule is CN(CC1CCCO1)C(CN)c1sccc1Br. The molecule has 96 valence electrons. The van der Waals surface area contributed by atoms with Crippen molar-refractivity contribution in [2.45, 2.75) is 25.0 Å². The average Bonchev–Trinajstić information content (AvgIpc) is 2.92. The molecule has 2 unspecified atom stereocenters. The van der Waals surface area contributed by atoms with Crippen molar-refractivity contribution in [2.24, 2.45) is 5.73 Å². The Kier molecular flexibility index (Phi) is 4.99. The maximum atomic E-state index is 5.91. The molecule has 1 aromatic rings. The fourth-order valence-corrected chi connectivity index (χ4v) is 4.08. The minimum Gasteiger partial charge on any atom is -0.377 e. The average molecular weight is 319 g/mol. The summed E-state index contributed by atoms with van der Waals surface area (Å²) in [6.07, 6.45) is 2.75. The van der Waals surface area contributed by atoms with E-state index in [2.05, 4.69) is 39.3 Å². The molecule has 2 heterocycles. The van der Waals surface area contributed by atoms with Gasteiger partial charge in [-0.15, -0.1) is 11.3 Å². The molecule has 1 fully saturated rings. The summed E-state index contributed by atoms with van der Waals surface area (Å²) in [7, 11) is 2.13. The third-order valence-corrected chi connectivity index (χ3v) is 5.19. The molecule has 0 aliphatic carbocycles. The highest BCUT2D eigenvalue weighted by Crippen LogP contribution is 2.32. The highest BCUT2D eigenvalue weighted by atomic mass is 79.9. The molecule has 5 heteroatoms. The number of nitrogens with zero attached hydrogens (tertiary/aromatic N) is 1. The maximum absolute atomic E-state index is 5.91. The standard InChI is InChI=1S/C12H19BrN2OS/c1-15(8-9-3-2-5-16-9)11(7-14)12-10(13)4-6-17-12/h4,6,9,11H,2-3,5,7-8,14H2,1H3. The van der Waals surface area contributed by atoms with Crippen LogP contribution in [-0.2, 0) is 4.74 Å². The third-order valence-electron chi connectivity index (χ3n) is 3.22. The van der Waals surface area contributed by atoms with Gasteiger partial charge < -0.3 is 10.5 Å². The van der Waals surface area contributed by atoms with Gasteiger partial charge in [-0.3, -0.25) is 4.90 Å². The zero-order valence-electron chi connectivity index (χ0n) is 10.1. The van der Waals surface area contributed by atoms with E-state index in [0.717, 1.165) is 17.6 Å². The molecule has 1 aromatic heterocycles. The van der Waals surface area contributed by atoms with Crippen LogP contribution in [0.15, 0.2) is 15.9 Å². The van der Waals surface area contributed by atoms with E-state index in [-0.39, 0.29) is 6.04 Å². The first-order valence-corrected chi connectivity index (χ1v) is 7.64. The van der Waals surface area contributed by atoms with Crippen molar-refractivity contribution >= 4 is 27.3 Å². The van der Waals surface area contributed by atoms with Crippen molar-refractivity contribution in [2.75, 3.05) is 26.7 Å². The van der Waals surface area contributed by atoms with E-state index in [4.69, 9.17) is 10.5 Å². The Bertz CT molecular complexity index is 352. The normalized spacial score (nSPS) is 22.2. The van der Waals surface area contributed by atoms with E-state index in [1.165, 1.54) is 17.7 Å². The Morgan fingerprint density at radius 3 is 3.06 bits per heavy atom. The third kappa shape index (κ3) is 3.29. The van der Waals surface area contributed by atoms with Crippen molar-refractivity contribution < 1.29 is 4.74 Å². The van der Waals surface area contributed by atoms with Crippen LogP contribution in [0.4, 0.5) is 0 Å². The summed E-state index contributed by atoms with van der Waals surface area (Å²) in [5, 5.41) is 2.10. The lowest BCUT2D eigenvalue weighted by atomic mass is 10.1. The van der Waals surface area contributed by atoms with Gasteiger partial charge in [0, 0.05) is 29.0 Å². The first kappa shape index (κ1) is 13.5. The quantitative estimate of drug-likeness (QED) is 0.907. The van der Waals surface area contributed by atoms with Gasteiger partial charge in [0.05, 0.1) is 12.1 Å². The predicted molar refractivity (Wildman–Crippen MR) is 75.4 cm³/mol. The van der Waals surface area contributed by atoms with Crippen molar-refractivity contribution in [3.05, 3.63) is 20.8 Å². The van der Waals surface area contributed by atoms with Crippen molar-refractivity contribution in [1.29, 1.82) is 0 Å². The fourth-order valence-electron chi connectivity index (χ4n) is 2.27. The van der Waals surface area contributed by atoms with Gasteiger partial charge >= 0.3 is 0 Å². The molecule has 0 radical (unpaired) electrons. The molecule has 1 aliphatic rings. The van der Waals surface area contributed by atoms with Crippen LogP contribution in [0.3, 0.4) is 0 Å². The largest absolute Gasteiger partial charge is 0.377 e. The fraction of sp³-hybridized carbons (Fsp3) is 0.667. The van der Waals surface area contributed by atoms with E-state index >= 15 is 0 Å². The van der Waals surface area contributed by atoms with Crippen LogP contribution in [0.5, 0.6) is 0 Å². The molecular formula is C12H19BrN2OS. The molecule has 0 bridgehead atoms. The van der Waals surface area contributed by atoms with Crippen LogP contribution in [0.25, 0.3) is 0 Å². The number of likely N-dealkylation sites (N-methyl/N-ethyl adjacent to an activating group) is 1. The number of nitrogens with two attached hydrogens (primary N) is 1.